The highest BCUT2D eigenvalue weighted by atomic mass is 79.9. The quantitative estimate of drug-likeness (QED) is 0.295. The summed E-state index contributed by atoms with van der Waals surface area (Å²) in [4.78, 5) is 0. The fourth-order valence-electron chi connectivity index (χ4n) is 1.48. The summed E-state index contributed by atoms with van der Waals surface area (Å²) in [5, 5.41) is 11.6. The van der Waals surface area contributed by atoms with Gasteiger partial charge in [0.15, 0.2) is 5.84 Å². The van der Waals surface area contributed by atoms with Crippen molar-refractivity contribution in [2.24, 2.45) is 10.9 Å². The standard InChI is InChI=1S/C13H9Br3N2O2/c14-8-2-4-12(10(16)6-8)20-11-3-1-7(5-9(11)15)13(17)18-19/h1-6,19H,(H2,17,18). The molecule has 0 radical (unpaired) electrons. The lowest BCUT2D eigenvalue weighted by atomic mass is 10.2. The summed E-state index contributed by atoms with van der Waals surface area (Å²) in [6.45, 7) is 0. The Morgan fingerprint density at radius 1 is 1.00 bits per heavy atom. The third kappa shape index (κ3) is 3.53. The molecule has 20 heavy (non-hydrogen) atoms. The highest BCUT2D eigenvalue weighted by Crippen LogP contribution is 2.35. The largest absolute Gasteiger partial charge is 0.455 e. The van der Waals surface area contributed by atoms with Crippen LogP contribution in [0.4, 0.5) is 0 Å². The van der Waals surface area contributed by atoms with Gasteiger partial charge >= 0.3 is 0 Å². The van der Waals surface area contributed by atoms with Crippen LogP contribution < -0.4 is 10.5 Å². The van der Waals surface area contributed by atoms with E-state index >= 15 is 0 Å². The first-order valence-corrected chi connectivity index (χ1v) is 7.79. The number of benzene rings is 2. The molecule has 4 nitrogen and oxygen atoms in total. The number of nitrogens with zero attached hydrogens (tertiary/aromatic N) is 1. The minimum atomic E-state index is 0.0436. The number of halogens is 3. The number of ether oxygens (including phenoxy) is 1. The Kier molecular flexibility index (Phi) is 5.06. The molecule has 104 valence electrons. The van der Waals surface area contributed by atoms with Crippen LogP contribution in [-0.2, 0) is 0 Å². The van der Waals surface area contributed by atoms with Crippen molar-refractivity contribution in [2.45, 2.75) is 0 Å². The van der Waals surface area contributed by atoms with E-state index in [1.54, 1.807) is 18.2 Å². The molecule has 2 rings (SSSR count). The van der Waals surface area contributed by atoms with E-state index in [9.17, 15) is 0 Å². The van der Waals surface area contributed by atoms with E-state index < -0.39 is 0 Å². The lowest BCUT2D eigenvalue weighted by Gasteiger charge is -2.10. The van der Waals surface area contributed by atoms with Crippen LogP contribution in [0.25, 0.3) is 0 Å². The van der Waals surface area contributed by atoms with Crippen molar-refractivity contribution in [3.8, 4) is 11.5 Å². The molecule has 0 unspecified atom stereocenters. The maximum atomic E-state index is 8.65. The third-order valence-electron chi connectivity index (χ3n) is 2.45. The van der Waals surface area contributed by atoms with Crippen LogP contribution in [0.2, 0.25) is 0 Å². The van der Waals surface area contributed by atoms with E-state index in [-0.39, 0.29) is 5.84 Å². The van der Waals surface area contributed by atoms with Crippen molar-refractivity contribution in [3.63, 3.8) is 0 Å². The summed E-state index contributed by atoms with van der Waals surface area (Å²) in [7, 11) is 0. The maximum Gasteiger partial charge on any atom is 0.170 e. The molecule has 0 atom stereocenters. The van der Waals surface area contributed by atoms with E-state index in [0.717, 1.165) is 8.95 Å². The molecule has 0 saturated carbocycles. The van der Waals surface area contributed by atoms with Gasteiger partial charge in [0.25, 0.3) is 0 Å². The van der Waals surface area contributed by atoms with Gasteiger partial charge in [0.1, 0.15) is 11.5 Å². The highest BCUT2D eigenvalue weighted by molar-refractivity contribution is 9.11. The minimum absolute atomic E-state index is 0.0436. The van der Waals surface area contributed by atoms with Gasteiger partial charge in [-0.1, -0.05) is 21.1 Å². The van der Waals surface area contributed by atoms with Crippen LogP contribution in [0, 0.1) is 0 Å². The first-order chi connectivity index (χ1) is 9.51. The van der Waals surface area contributed by atoms with Gasteiger partial charge in [-0.2, -0.15) is 0 Å². The lowest BCUT2D eigenvalue weighted by Crippen LogP contribution is -2.12. The number of amidine groups is 1. The SMILES string of the molecule is N/C(=N/O)c1ccc(Oc2ccc(Br)cc2Br)c(Br)c1. The zero-order valence-electron chi connectivity index (χ0n) is 9.98. The molecule has 0 amide bonds. The highest BCUT2D eigenvalue weighted by Gasteiger charge is 2.09. The van der Waals surface area contributed by atoms with Crippen LogP contribution in [0.5, 0.6) is 11.5 Å². The number of hydrogen-bond donors (Lipinski definition) is 2. The molecular formula is C13H9Br3N2O2. The van der Waals surface area contributed by atoms with Crippen LogP contribution >= 0.6 is 47.8 Å². The van der Waals surface area contributed by atoms with Crippen LogP contribution in [0.1, 0.15) is 5.56 Å². The maximum absolute atomic E-state index is 8.65. The van der Waals surface area contributed by atoms with Crippen molar-refractivity contribution < 1.29 is 9.94 Å². The fraction of sp³-hybridized carbons (Fsp3) is 0. The van der Waals surface area contributed by atoms with E-state index in [1.165, 1.54) is 0 Å². The van der Waals surface area contributed by atoms with Crippen LogP contribution in [0.15, 0.2) is 55.0 Å². The summed E-state index contributed by atoms with van der Waals surface area (Å²) >= 11 is 10.2. The van der Waals surface area contributed by atoms with Gasteiger partial charge in [-0.3, -0.25) is 0 Å². The molecule has 0 aliphatic carbocycles. The van der Waals surface area contributed by atoms with Gasteiger partial charge in [0, 0.05) is 10.0 Å². The van der Waals surface area contributed by atoms with Gasteiger partial charge < -0.3 is 15.7 Å². The van der Waals surface area contributed by atoms with Crippen molar-refractivity contribution >= 4 is 53.6 Å². The Bertz CT molecular complexity index is 675. The van der Waals surface area contributed by atoms with Gasteiger partial charge in [0.05, 0.1) is 8.95 Å². The predicted octanol–water partition coefficient (Wildman–Crippen LogP) is 4.86. The summed E-state index contributed by atoms with van der Waals surface area (Å²) in [6.07, 6.45) is 0. The van der Waals surface area contributed by atoms with E-state index in [2.05, 4.69) is 52.9 Å². The second-order valence-corrected chi connectivity index (χ2v) is 6.43. The molecular weight excluding hydrogens is 456 g/mol. The minimum Gasteiger partial charge on any atom is -0.455 e. The van der Waals surface area contributed by atoms with E-state index in [0.29, 0.717) is 21.5 Å². The van der Waals surface area contributed by atoms with Crippen molar-refractivity contribution in [1.82, 2.24) is 0 Å². The third-order valence-corrected chi connectivity index (χ3v) is 4.18. The molecule has 0 heterocycles. The Labute approximate surface area is 141 Å². The molecule has 0 fully saturated rings. The van der Waals surface area contributed by atoms with Crippen molar-refractivity contribution in [3.05, 3.63) is 55.4 Å². The van der Waals surface area contributed by atoms with Crippen molar-refractivity contribution in [1.29, 1.82) is 0 Å². The fourth-order valence-corrected chi connectivity index (χ4v) is 3.06. The lowest BCUT2D eigenvalue weighted by molar-refractivity contribution is 0.318. The van der Waals surface area contributed by atoms with Gasteiger partial charge in [-0.15, -0.1) is 0 Å². The molecule has 0 aliphatic rings. The molecule has 0 aromatic heterocycles. The van der Waals surface area contributed by atoms with Crippen molar-refractivity contribution in [2.75, 3.05) is 0 Å². The van der Waals surface area contributed by atoms with Crippen LogP contribution in [-0.4, -0.2) is 11.0 Å². The second kappa shape index (κ2) is 6.60. The molecule has 7 heteroatoms. The number of hydrogen-bond acceptors (Lipinski definition) is 3. The smallest absolute Gasteiger partial charge is 0.170 e. The number of oxime groups is 1. The molecule has 0 spiro atoms. The summed E-state index contributed by atoms with van der Waals surface area (Å²) in [6, 6.07) is 10.8. The predicted molar refractivity (Wildman–Crippen MR) is 88.6 cm³/mol. The average Bonchev–Trinajstić information content (AvgIpc) is 2.42. The monoisotopic (exact) mass is 462 g/mol. The summed E-state index contributed by atoms with van der Waals surface area (Å²) in [5.41, 5.74) is 6.13. The molecule has 0 bridgehead atoms. The number of rotatable bonds is 3. The zero-order chi connectivity index (χ0) is 14.7. The van der Waals surface area contributed by atoms with E-state index in [1.807, 2.05) is 18.2 Å². The first-order valence-electron chi connectivity index (χ1n) is 5.41. The molecule has 0 saturated heterocycles. The summed E-state index contributed by atoms with van der Waals surface area (Å²) < 4.78 is 8.30. The Morgan fingerprint density at radius 3 is 2.15 bits per heavy atom. The Balaban J connectivity index is 2.30. The van der Waals surface area contributed by atoms with Crippen LogP contribution in [0.3, 0.4) is 0 Å². The topological polar surface area (TPSA) is 67.8 Å². The van der Waals surface area contributed by atoms with Gasteiger partial charge in [0.2, 0.25) is 0 Å². The summed E-state index contributed by atoms with van der Waals surface area (Å²) in [5.74, 6) is 1.36. The average molecular weight is 465 g/mol. The first kappa shape index (κ1) is 15.3. The normalized spacial score (nSPS) is 11.4. The molecule has 0 aliphatic heterocycles. The second-order valence-electron chi connectivity index (χ2n) is 3.81. The molecule has 2 aromatic carbocycles. The Morgan fingerprint density at radius 2 is 1.60 bits per heavy atom. The Hall–Kier alpha value is -1.05. The zero-order valence-corrected chi connectivity index (χ0v) is 14.7. The van der Waals surface area contributed by atoms with Gasteiger partial charge in [-0.25, -0.2) is 0 Å². The van der Waals surface area contributed by atoms with Gasteiger partial charge in [-0.05, 0) is 68.3 Å². The molecule has 2 aromatic rings. The van der Waals surface area contributed by atoms with E-state index in [4.69, 9.17) is 15.7 Å². The molecule has 3 N–H and O–H groups in total. The number of nitrogens with two attached hydrogens (primary N) is 1.